The van der Waals surface area contributed by atoms with Gasteiger partial charge >= 0.3 is 11.9 Å². The van der Waals surface area contributed by atoms with Gasteiger partial charge in [0, 0.05) is 59.7 Å². The second-order valence-electron chi connectivity index (χ2n) is 14.2. The monoisotopic (exact) mass is 752 g/mol. The minimum Gasteiger partial charge on any atom is -0.511 e. The zero-order valence-electron chi connectivity index (χ0n) is 32.8. The van der Waals surface area contributed by atoms with Crippen molar-refractivity contribution in [3.05, 3.63) is 104 Å². The molecule has 1 aliphatic carbocycles. The molecular weight excluding hydrogens is 700 g/mol. The van der Waals surface area contributed by atoms with Crippen LogP contribution in [0.3, 0.4) is 0 Å². The zero-order chi connectivity index (χ0) is 39.2. The second-order valence-corrected chi connectivity index (χ2v) is 14.2. The van der Waals surface area contributed by atoms with Crippen LogP contribution in [0.25, 0.3) is 0 Å². The Kier molecular flexibility index (Phi) is 12.8. The van der Waals surface area contributed by atoms with Crippen molar-refractivity contribution in [3.8, 4) is 0 Å². The van der Waals surface area contributed by atoms with Gasteiger partial charge in [-0.3, -0.25) is 9.59 Å². The number of aliphatic imine (C=N–C) groups is 3. The van der Waals surface area contributed by atoms with Gasteiger partial charge < -0.3 is 34.1 Å². The minimum absolute atomic E-state index is 0.0193. The smallest absolute Gasteiger partial charge is 0.305 e. The fraction of sp³-hybridized carbons (Fsp3) is 0.465. The molecule has 12 heteroatoms. The van der Waals surface area contributed by atoms with E-state index in [9.17, 15) is 14.7 Å². The predicted molar refractivity (Wildman–Crippen MR) is 212 cm³/mol. The zero-order valence-corrected chi connectivity index (χ0v) is 32.8. The Labute approximate surface area is 323 Å². The second kappa shape index (κ2) is 17.7. The third kappa shape index (κ3) is 8.66. The molecule has 12 nitrogen and oxygen atoms in total. The molecule has 0 amide bonds. The first-order valence-corrected chi connectivity index (χ1v) is 19.1. The number of nitrogens with one attached hydrogen (secondary N) is 1. The van der Waals surface area contributed by atoms with Crippen LogP contribution in [0.1, 0.15) is 67.2 Å². The van der Waals surface area contributed by atoms with Crippen molar-refractivity contribution < 1.29 is 38.4 Å². The summed E-state index contributed by atoms with van der Waals surface area (Å²) in [5.41, 5.74) is 13.8. The maximum absolute atomic E-state index is 13.0. The number of allylic oxidation sites excluding steroid dienone is 12. The number of aliphatic hydroxyl groups excluding tert-OH is 1. The molecule has 2 atom stereocenters. The number of hydrogen-bond donors (Lipinski definition) is 2. The van der Waals surface area contributed by atoms with E-state index in [0.29, 0.717) is 51.6 Å². The topological polar surface area (TPSA) is 150 Å². The van der Waals surface area contributed by atoms with E-state index < -0.39 is 0 Å². The molecule has 0 radical (unpaired) electrons. The van der Waals surface area contributed by atoms with E-state index in [1.807, 2.05) is 25.2 Å². The summed E-state index contributed by atoms with van der Waals surface area (Å²) in [7, 11) is 0. The average molecular weight is 753 g/mol. The van der Waals surface area contributed by atoms with Crippen LogP contribution in [-0.4, -0.2) is 87.0 Å². The van der Waals surface area contributed by atoms with E-state index in [1.54, 1.807) is 0 Å². The van der Waals surface area contributed by atoms with Crippen molar-refractivity contribution in [1.29, 1.82) is 0 Å². The highest BCUT2D eigenvalue weighted by Crippen LogP contribution is 2.46. The van der Waals surface area contributed by atoms with Crippen LogP contribution in [0.15, 0.2) is 119 Å². The fourth-order valence-corrected chi connectivity index (χ4v) is 7.73. The quantitative estimate of drug-likeness (QED) is 0.121. The van der Waals surface area contributed by atoms with Crippen molar-refractivity contribution in [2.24, 2.45) is 26.8 Å². The first-order valence-electron chi connectivity index (χ1n) is 19.1. The molecule has 5 aliphatic heterocycles. The highest BCUT2D eigenvalue weighted by atomic mass is 16.6. The van der Waals surface area contributed by atoms with E-state index in [1.165, 1.54) is 6.92 Å². The summed E-state index contributed by atoms with van der Waals surface area (Å²) in [5.74, 6) is -0.370. The number of fused-ring (bicyclic) bond motifs is 5. The third-order valence-electron chi connectivity index (χ3n) is 10.7. The number of esters is 2. The summed E-state index contributed by atoms with van der Waals surface area (Å²) < 4.78 is 26.7. The van der Waals surface area contributed by atoms with Gasteiger partial charge in [-0.2, -0.15) is 0 Å². The van der Waals surface area contributed by atoms with Gasteiger partial charge in [-0.1, -0.05) is 26.5 Å². The Hall–Kier alpha value is -4.91. The largest absolute Gasteiger partial charge is 0.511 e. The Morgan fingerprint density at radius 1 is 0.873 bits per heavy atom. The molecule has 0 spiro atoms. The average Bonchev–Trinajstić information content (AvgIpc) is 3.91. The number of rotatable bonds is 17. The van der Waals surface area contributed by atoms with Gasteiger partial charge in [-0.05, 0) is 74.1 Å². The number of carbonyl (C=O) groups is 2. The highest BCUT2D eigenvalue weighted by molar-refractivity contribution is 6.21. The molecule has 5 heterocycles. The Balaban J connectivity index is 1.15. The van der Waals surface area contributed by atoms with Crippen molar-refractivity contribution in [1.82, 2.24) is 5.32 Å². The van der Waals surface area contributed by atoms with Crippen LogP contribution < -0.4 is 5.32 Å². The molecule has 0 aromatic heterocycles. The number of ether oxygens (including phenoxy) is 5. The molecule has 6 aliphatic rings. The Bertz CT molecular complexity index is 2000. The number of hydrogen-bond acceptors (Lipinski definition) is 12. The Morgan fingerprint density at radius 2 is 1.51 bits per heavy atom. The van der Waals surface area contributed by atoms with Gasteiger partial charge in [0.25, 0.3) is 0 Å². The number of nitrogens with zero attached hydrogens (tertiary/aromatic N) is 3. The van der Waals surface area contributed by atoms with Gasteiger partial charge in [0.2, 0.25) is 0 Å². The normalized spacial score (nSPS) is 21.5. The molecule has 292 valence electrons. The number of aliphatic hydroxyl groups is 1. The molecule has 6 rings (SSSR count). The van der Waals surface area contributed by atoms with Crippen LogP contribution in [0.5, 0.6) is 0 Å². The van der Waals surface area contributed by atoms with E-state index in [4.69, 9.17) is 38.7 Å². The highest BCUT2D eigenvalue weighted by Gasteiger charge is 2.41. The van der Waals surface area contributed by atoms with Crippen molar-refractivity contribution >= 4 is 29.1 Å². The molecule has 1 saturated heterocycles. The van der Waals surface area contributed by atoms with Gasteiger partial charge in [0.15, 0.2) is 0 Å². The molecule has 8 bridgehead atoms. The molecule has 1 fully saturated rings. The lowest BCUT2D eigenvalue weighted by Gasteiger charge is -2.17. The summed E-state index contributed by atoms with van der Waals surface area (Å²) in [5, 5.41) is 15.1. The minimum atomic E-state index is -0.334. The predicted octanol–water partition coefficient (Wildman–Crippen LogP) is 6.78. The van der Waals surface area contributed by atoms with Crippen molar-refractivity contribution in [3.63, 3.8) is 0 Å². The lowest BCUT2D eigenvalue weighted by molar-refractivity contribution is -0.145. The van der Waals surface area contributed by atoms with E-state index >= 15 is 0 Å². The first kappa shape index (κ1) is 39.8. The van der Waals surface area contributed by atoms with E-state index in [0.717, 1.165) is 91.1 Å². The molecule has 0 aromatic carbocycles. The van der Waals surface area contributed by atoms with Gasteiger partial charge in [-0.25, -0.2) is 15.0 Å². The molecule has 0 saturated carbocycles. The third-order valence-corrected chi connectivity index (χ3v) is 10.7. The van der Waals surface area contributed by atoms with Crippen LogP contribution in [-0.2, 0) is 33.3 Å². The molecule has 1 unspecified atom stereocenters. The summed E-state index contributed by atoms with van der Waals surface area (Å²) in [6, 6.07) is 0. The van der Waals surface area contributed by atoms with E-state index in [-0.39, 0.29) is 50.0 Å². The van der Waals surface area contributed by atoms with Crippen molar-refractivity contribution in [2.45, 2.75) is 67.2 Å². The van der Waals surface area contributed by atoms with Crippen LogP contribution in [0.4, 0.5) is 0 Å². The van der Waals surface area contributed by atoms with Gasteiger partial charge in [0.1, 0.15) is 19.0 Å². The molecule has 0 aromatic rings. The summed E-state index contributed by atoms with van der Waals surface area (Å²) >= 11 is 0. The molecular formula is C43H52N4O8. The summed E-state index contributed by atoms with van der Waals surface area (Å²) in [4.78, 5) is 39.0. The van der Waals surface area contributed by atoms with Crippen LogP contribution >= 0.6 is 0 Å². The van der Waals surface area contributed by atoms with Crippen LogP contribution in [0.2, 0.25) is 0 Å². The summed E-state index contributed by atoms with van der Waals surface area (Å²) in [6.07, 6.45) is 9.98. The lowest BCUT2D eigenvalue weighted by atomic mass is 9.86. The lowest BCUT2D eigenvalue weighted by Crippen LogP contribution is -2.17. The SMILES string of the molecule is C=CC1=C(C)C2=NC1=CC1=NC(=CC3=C(C)C4=C(O)CC(=C5NC(=C2)[C@@H](C)C5CCC(=O)OCCOCCOCCOCCOC(C)=O)C4=N3)C(CC)=C1C. The maximum atomic E-state index is 13.0. The van der Waals surface area contributed by atoms with Gasteiger partial charge in [-0.15, -0.1) is 0 Å². The maximum Gasteiger partial charge on any atom is 0.305 e. The summed E-state index contributed by atoms with van der Waals surface area (Å²) in [6.45, 7) is 18.4. The van der Waals surface area contributed by atoms with Crippen molar-refractivity contribution in [2.75, 3.05) is 52.9 Å². The Morgan fingerprint density at radius 3 is 2.16 bits per heavy atom. The first-order chi connectivity index (χ1) is 26.5. The molecule has 55 heavy (non-hydrogen) atoms. The fourth-order valence-electron chi connectivity index (χ4n) is 7.73. The molecule has 2 N–H and O–H groups in total. The van der Waals surface area contributed by atoms with E-state index in [2.05, 4.69) is 45.7 Å². The number of carbonyl (C=O) groups excluding carboxylic acids is 2. The van der Waals surface area contributed by atoms with Crippen LogP contribution in [0, 0.1) is 11.8 Å². The van der Waals surface area contributed by atoms with Gasteiger partial charge in [0.05, 0.1) is 73.9 Å². The standard InChI is InChI=1S/C43H52N4O8/c1-8-29-24(3)33-21-35-26(5)31(10-11-40(50)55-19-17-53-15-13-51-12-14-52-16-18-54-28(7)48)42(46-35)32-20-39(49)41-27(6)36(47-43(32)41)23-38-30(9-2)25(4)34(45-38)22-37(29)44-33/h8,21-23,26,31,46,49H,1,9-20H2,2-7H3/t26-,31?/m0/s1.